The van der Waals surface area contributed by atoms with Crippen LogP contribution < -0.4 is 0 Å². The molecule has 1 atom stereocenters. The van der Waals surface area contributed by atoms with Gasteiger partial charge in [-0.15, -0.1) is 0 Å². The van der Waals surface area contributed by atoms with Crippen molar-refractivity contribution >= 4 is 5.78 Å². The number of hydrogen-bond donors (Lipinski definition) is 0. The van der Waals surface area contributed by atoms with Crippen molar-refractivity contribution in [1.29, 1.82) is 0 Å². The van der Waals surface area contributed by atoms with E-state index < -0.39 is 0 Å². The van der Waals surface area contributed by atoms with E-state index in [9.17, 15) is 4.79 Å². The lowest BCUT2D eigenvalue weighted by atomic mass is 9.96. The van der Waals surface area contributed by atoms with Crippen molar-refractivity contribution in [1.82, 2.24) is 4.90 Å². The minimum absolute atomic E-state index is 0.0480. The first-order valence-electron chi connectivity index (χ1n) is 7.43. The van der Waals surface area contributed by atoms with E-state index >= 15 is 0 Å². The van der Waals surface area contributed by atoms with Crippen LogP contribution in [-0.2, 0) is 4.79 Å². The number of nitrogens with zero attached hydrogens (tertiary/aromatic N) is 1. The monoisotopic (exact) mass is 251 g/mol. The molecular weight excluding hydrogens is 222 g/mol. The van der Waals surface area contributed by atoms with E-state index in [4.69, 9.17) is 0 Å². The number of hydrogen-bond acceptors (Lipinski definition) is 2. The van der Waals surface area contributed by atoms with Crippen LogP contribution in [0.2, 0.25) is 0 Å². The van der Waals surface area contributed by atoms with Crippen LogP contribution in [-0.4, -0.2) is 22.3 Å². The molecule has 0 N–H and O–H groups in total. The van der Waals surface area contributed by atoms with Crippen LogP contribution in [0, 0.1) is 0 Å². The summed E-state index contributed by atoms with van der Waals surface area (Å²) in [6, 6.07) is 0.0480. The first-order chi connectivity index (χ1) is 8.44. The number of ketones is 1. The number of likely N-dealkylation sites (tertiary alicyclic amines) is 1. The van der Waals surface area contributed by atoms with Gasteiger partial charge in [0.15, 0.2) is 5.78 Å². The quantitative estimate of drug-likeness (QED) is 0.629. The fourth-order valence-electron chi connectivity index (χ4n) is 3.03. The van der Waals surface area contributed by atoms with Crippen LogP contribution in [0.1, 0.15) is 72.6 Å². The van der Waals surface area contributed by atoms with E-state index in [1.807, 2.05) is 0 Å². The second-order valence-corrected chi connectivity index (χ2v) is 6.10. The lowest BCUT2D eigenvalue weighted by Gasteiger charge is -2.40. The molecule has 0 aromatic rings. The standard InChI is InChI=1S/C16H29NO/c1-6-8-9-10-15(18)14(7-2)17-13(3)11-12-16(17,4)5/h14H,3,6-12H2,1-2,4-5H3. The second-order valence-electron chi connectivity index (χ2n) is 6.10. The Morgan fingerprint density at radius 1 is 1.39 bits per heavy atom. The Bertz CT molecular complexity index is 306. The van der Waals surface area contributed by atoms with Crippen molar-refractivity contribution in [2.75, 3.05) is 0 Å². The Balaban J connectivity index is 2.70. The lowest BCUT2D eigenvalue weighted by molar-refractivity contribution is -0.125. The van der Waals surface area contributed by atoms with Crippen molar-refractivity contribution in [2.24, 2.45) is 0 Å². The largest absolute Gasteiger partial charge is 0.360 e. The third-order valence-electron chi connectivity index (χ3n) is 4.11. The third kappa shape index (κ3) is 3.37. The third-order valence-corrected chi connectivity index (χ3v) is 4.11. The van der Waals surface area contributed by atoms with Gasteiger partial charge in [0.05, 0.1) is 6.04 Å². The number of rotatable bonds is 7. The molecular formula is C16H29NO. The zero-order valence-corrected chi connectivity index (χ0v) is 12.6. The maximum absolute atomic E-state index is 12.4. The fourth-order valence-corrected chi connectivity index (χ4v) is 3.03. The van der Waals surface area contributed by atoms with Gasteiger partial charge in [0.25, 0.3) is 0 Å². The topological polar surface area (TPSA) is 20.3 Å². The van der Waals surface area contributed by atoms with Crippen molar-refractivity contribution in [3.05, 3.63) is 12.3 Å². The summed E-state index contributed by atoms with van der Waals surface area (Å²) in [5.74, 6) is 0.405. The molecule has 1 fully saturated rings. The SMILES string of the molecule is C=C1CCC(C)(C)N1C(CC)C(=O)CCCCC. The van der Waals surface area contributed by atoms with Crippen molar-refractivity contribution in [3.63, 3.8) is 0 Å². The second kappa shape index (κ2) is 6.40. The summed E-state index contributed by atoms with van der Waals surface area (Å²) >= 11 is 0. The molecule has 0 bridgehead atoms. The number of carbonyl (C=O) groups is 1. The van der Waals surface area contributed by atoms with Gasteiger partial charge in [-0.25, -0.2) is 0 Å². The molecule has 0 radical (unpaired) electrons. The van der Waals surface area contributed by atoms with Gasteiger partial charge in [0, 0.05) is 17.7 Å². The summed E-state index contributed by atoms with van der Waals surface area (Å²) < 4.78 is 0. The maximum atomic E-state index is 12.4. The average molecular weight is 251 g/mol. The summed E-state index contributed by atoms with van der Waals surface area (Å²) in [5, 5.41) is 0. The Morgan fingerprint density at radius 2 is 2.06 bits per heavy atom. The molecule has 0 amide bonds. The predicted molar refractivity (Wildman–Crippen MR) is 77.5 cm³/mol. The lowest BCUT2D eigenvalue weighted by Crippen LogP contribution is -2.47. The van der Waals surface area contributed by atoms with E-state index in [1.54, 1.807) is 0 Å². The summed E-state index contributed by atoms with van der Waals surface area (Å²) in [6.07, 6.45) is 7.14. The van der Waals surface area contributed by atoms with Crippen LogP contribution in [0.25, 0.3) is 0 Å². The van der Waals surface area contributed by atoms with Crippen molar-refractivity contribution in [2.45, 2.75) is 84.2 Å². The van der Waals surface area contributed by atoms with Crippen LogP contribution in [0.4, 0.5) is 0 Å². The zero-order chi connectivity index (χ0) is 13.8. The molecule has 2 nitrogen and oxygen atoms in total. The van der Waals surface area contributed by atoms with Gasteiger partial charge in [-0.05, 0) is 39.5 Å². The fraction of sp³-hybridized carbons (Fsp3) is 0.812. The molecule has 1 aliphatic heterocycles. The van der Waals surface area contributed by atoms with Crippen LogP contribution in [0.3, 0.4) is 0 Å². The normalized spacial score (nSPS) is 20.2. The molecule has 0 spiro atoms. The van der Waals surface area contributed by atoms with E-state index in [2.05, 4.69) is 39.2 Å². The molecule has 18 heavy (non-hydrogen) atoms. The molecule has 1 heterocycles. The molecule has 2 heteroatoms. The highest BCUT2D eigenvalue weighted by Crippen LogP contribution is 2.38. The summed E-state index contributed by atoms with van der Waals surface area (Å²) in [6.45, 7) is 12.9. The zero-order valence-electron chi connectivity index (χ0n) is 12.6. The van der Waals surface area contributed by atoms with E-state index in [0.717, 1.165) is 44.2 Å². The number of allylic oxidation sites excluding steroid dienone is 1. The first-order valence-corrected chi connectivity index (χ1v) is 7.43. The Hall–Kier alpha value is -0.790. The number of carbonyl (C=O) groups excluding carboxylic acids is 1. The number of unbranched alkanes of at least 4 members (excludes halogenated alkanes) is 2. The van der Waals surface area contributed by atoms with Gasteiger partial charge in [-0.1, -0.05) is 33.3 Å². The van der Waals surface area contributed by atoms with Crippen molar-refractivity contribution < 1.29 is 4.79 Å². The highest BCUT2D eigenvalue weighted by atomic mass is 16.1. The van der Waals surface area contributed by atoms with E-state index in [-0.39, 0.29) is 11.6 Å². The Labute approximate surface area is 112 Å². The van der Waals surface area contributed by atoms with Gasteiger partial charge in [0.1, 0.15) is 0 Å². The molecule has 0 aromatic heterocycles. The van der Waals surface area contributed by atoms with Crippen LogP contribution in [0.15, 0.2) is 12.3 Å². The molecule has 1 rings (SSSR count). The van der Waals surface area contributed by atoms with Crippen LogP contribution >= 0.6 is 0 Å². The molecule has 104 valence electrons. The molecule has 0 saturated carbocycles. The minimum atomic E-state index is 0.0480. The molecule has 1 unspecified atom stereocenters. The average Bonchev–Trinajstić information content (AvgIpc) is 2.57. The highest BCUT2D eigenvalue weighted by Gasteiger charge is 2.39. The summed E-state index contributed by atoms with van der Waals surface area (Å²) in [7, 11) is 0. The predicted octanol–water partition coefficient (Wildman–Crippen LogP) is 4.30. The van der Waals surface area contributed by atoms with Crippen molar-refractivity contribution in [3.8, 4) is 0 Å². The van der Waals surface area contributed by atoms with Gasteiger partial charge in [-0.2, -0.15) is 0 Å². The van der Waals surface area contributed by atoms with Gasteiger partial charge in [-0.3, -0.25) is 4.79 Å². The smallest absolute Gasteiger partial charge is 0.155 e. The minimum Gasteiger partial charge on any atom is -0.360 e. The Morgan fingerprint density at radius 3 is 2.50 bits per heavy atom. The first kappa shape index (κ1) is 15.3. The van der Waals surface area contributed by atoms with E-state index in [1.165, 1.54) is 6.42 Å². The van der Waals surface area contributed by atoms with Gasteiger partial charge >= 0.3 is 0 Å². The Kier molecular flexibility index (Phi) is 5.43. The highest BCUT2D eigenvalue weighted by molar-refractivity contribution is 5.84. The number of Topliss-reactive ketones (excluding diaryl/α,β-unsaturated/α-hetero) is 1. The van der Waals surface area contributed by atoms with E-state index in [0.29, 0.717) is 5.78 Å². The van der Waals surface area contributed by atoms with Gasteiger partial charge in [0.2, 0.25) is 0 Å². The summed E-state index contributed by atoms with van der Waals surface area (Å²) in [5.41, 5.74) is 1.24. The summed E-state index contributed by atoms with van der Waals surface area (Å²) in [4.78, 5) is 14.7. The molecule has 0 aliphatic carbocycles. The molecule has 1 saturated heterocycles. The molecule has 1 aliphatic rings. The van der Waals surface area contributed by atoms with Gasteiger partial charge < -0.3 is 4.90 Å². The maximum Gasteiger partial charge on any atom is 0.155 e. The van der Waals surface area contributed by atoms with Crippen LogP contribution in [0.5, 0.6) is 0 Å². The molecule has 0 aromatic carbocycles.